The molecular weight excluding hydrogens is 304 g/mol. The van der Waals surface area contributed by atoms with Gasteiger partial charge in [0, 0.05) is 24.6 Å². The summed E-state index contributed by atoms with van der Waals surface area (Å²) in [5, 5.41) is 5.32. The molecule has 18 heavy (non-hydrogen) atoms. The SMILES string of the molecule is Brc1ccc2cc3sc4ccccc4c3cc2c1. The van der Waals surface area contributed by atoms with E-state index in [1.54, 1.807) is 0 Å². The fourth-order valence-electron chi connectivity index (χ4n) is 2.44. The summed E-state index contributed by atoms with van der Waals surface area (Å²) in [5.41, 5.74) is 0. The van der Waals surface area contributed by atoms with E-state index in [1.165, 1.54) is 30.9 Å². The molecule has 0 N–H and O–H groups in total. The summed E-state index contributed by atoms with van der Waals surface area (Å²) in [6.07, 6.45) is 0. The lowest BCUT2D eigenvalue weighted by atomic mass is 10.1. The maximum atomic E-state index is 3.54. The highest BCUT2D eigenvalue weighted by Gasteiger charge is 2.05. The fourth-order valence-corrected chi connectivity index (χ4v) is 3.95. The molecule has 4 aromatic rings. The lowest BCUT2D eigenvalue weighted by Gasteiger charge is -1.99. The number of benzene rings is 3. The molecule has 0 atom stereocenters. The van der Waals surface area contributed by atoms with Crippen LogP contribution in [0.5, 0.6) is 0 Å². The first kappa shape index (κ1) is 10.5. The van der Waals surface area contributed by atoms with E-state index < -0.39 is 0 Å². The van der Waals surface area contributed by atoms with Crippen LogP contribution < -0.4 is 0 Å². The van der Waals surface area contributed by atoms with Gasteiger partial charge in [-0.05, 0) is 41.1 Å². The summed E-state index contributed by atoms with van der Waals surface area (Å²) >= 11 is 5.41. The van der Waals surface area contributed by atoms with E-state index in [4.69, 9.17) is 0 Å². The quantitative estimate of drug-likeness (QED) is 0.375. The summed E-state index contributed by atoms with van der Waals surface area (Å²) in [5.74, 6) is 0. The Morgan fingerprint density at radius 1 is 0.722 bits per heavy atom. The number of halogens is 1. The lowest BCUT2D eigenvalue weighted by molar-refractivity contribution is 1.74. The summed E-state index contributed by atoms with van der Waals surface area (Å²) in [6, 6.07) is 19.7. The molecule has 0 amide bonds. The molecule has 0 bridgehead atoms. The summed E-state index contributed by atoms with van der Waals surface area (Å²) < 4.78 is 3.86. The zero-order chi connectivity index (χ0) is 12.1. The minimum atomic E-state index is 1.13. The smallest absolute Gasteiger partial charge is 0.0361 e. The van der Waals surface area contributed by atoms with Gasteiger partial charge in [-0.1, -0.05) is 40.2 Å². The Kier molecular flexibility index (Phi) is 2.23. The Morgan fingerprint density at radius 2 is 1.61 bits per heavy atom. The number of hydrogen-bond donors (Lipinski definition) is 0. The number of rotatable bonds is 0. The van der Waals surface area contributed by atoms with Crippen LogP contribution >= 0.6 is 27.3 Å². The molecule has 0 aliphatic heterocycles. The van der Waals surface area contributed by atoms with Gasteiger partial charge in [-0.3, -0.25) is 0 Å². The van der Waals surface area contributed by atoms with Crippen LogP contribution in [0, 0.1) is 0 Å². The molecule has 0 aliphatic carbocycles. The van der Waals surface area contributed by atoms with Crippen molar-refractivity contribution in [2.75, 3.05) is 0 Å². The number of hydrogen-bond acceptors (Lipinski definition) is 1. The number of thiophene rings is 1. The van der Waals surface area contributed by atoms with Gasteiger partial charge in [0.2, 0.25) is 0 Å². The maximum absolute atomic E-state index is 3.54. The summed E-state index contributed by atoms with van der Waals surface area (Å²) in [6.45, 7) is 0. The van der Waals surface area contributed by atoms with Crippen molar-refractivity contribution in [2.45, 2.75) is 0 Å². The van der Waals surface area contributed by atoms with Crippen molar-refractivity contribution in [3.63, 3.8) is 0 Å². The standard InChI is InChI=1S/C16H9BrS/c17-12-6-5-10-9-16-14(8-11(10)7-12)13-3-1-2-4-15(13)18-16/h1-9H. The Bertz CT molecular complexity index is 889. The van der Waals surface area contributed by atoms with E-state index in [2.05, 4.69) is 70.5 Å². The van der Waals surface area contributed by atoms with Crippen LogP contribution in [0.1, 0.15) is 0 Å². The molecule has 0 unspecified atom stereocenters. The minimum Gasteiger partial charge on any atom is -0.135 e. The molecular formula is C16H9BrS. The van der Waals surface area contributed by atoms with Gasteiger partial charge in [0.15, 0.2) is 0 Å². The minimum absolute atomic E-state index is 1.13. The van der Waals surface area contributed by atoms with E-state index >= 15 is 0 Å². The van der Waals surface area contributed by atoms with Crippen LogP contribution in [0.3, 0.4) is 0 Å². The molecule has 0 saturated heterocycles. The van der Waals surface area contributed by atoms with Crippen LogP contribution in [0.15, 0.2) is 59.1 Å². The van der Waals surface area contributed by atoms with Crippen LogP contribution in [-0.2, 0) is 0 Å². The monoisotopic (exact) mass is 312 g/mol. The highest BCUT2D eigenvalue weighted by Crippen LogP contribution is 2.36. The average Bonchev–Trinajstić information content (AvgIpc) is 2.74. The van der Waals surface area contributed by atoms with Crippen molar-refractivity contribution in [1.82, 2.24) is 0 Å². The van der Waals surface area contributed by atoms with Crippen LogP contribution in [0.2, 0.25) is 0 Å². The molecule has 0 aliphatic rings. The third-order valence-electron chi connectivity index (χ3n) is 3.30. The molecule has 1 heterocycles. The Morgan fingerprint density at radius 3 is 2.56 bits per heavy atom. The van der Waals surface area contributed by atoms with Gasteiger partial charge in [-0.15, -0.1) is 11.3 Å². The van der Waals surface area contributed by atoms with Crippen LogP contribution in [0.4, 0.5) is 0 Å². The van der Waals surface area contributed by atoms with Gasteiger partial charge in [0.05, 0.1) is 0 Å². The molecule has 0 radical (unpaired) electrons. The van der Waals surface area contributed by atoms with Crippen molar-refractivity contribution in [1.29, 1.82) is 0 Å². The molecule has 3 aromatic carbocycles. The highest BCUT2D eigenvalue weighted by molar-refractivity contribution is 9.10. The maximum Gasteiger partial charge on any atom is 0.0361 e. The van der Waals surface area contributed by atoms with Crippen molar-refractivity contribution >= 4 is 58.2 Å². The molecule has 0 nitrogen and oxygen atoms in total. The average molecular weight is 313 g/mol. The van der Waals surface area contributed by atoms with E-state index in [0.29, 0.717) is 0 Å². The van der Waals surface area contributed by atoms with Crippen molar-refractivity contribution in [3.05, 3.63) is 59.1 Å². The van der Waals surface area contributed by atoms with E-state index in [0.717, 1.165) is 4.47 Å². The first-order chi connectivity index (χ1) is 8.81. The van der Waals surface area contributed by atoms with Crippen molar-refractivity contribution in [2.24, 2.45) is 0 Å². The van der Waals surface area contributed by atoms with Gasteiger partial charge >= 0.3 is 0 Å². The van der Waals surface area contributed by atoms with E-state index in [1.807, 2.05) is 11.3 Å². The molecule has 86 valence electrons. The second-order valence-corrected chi connectivity index (χ2v) is 6.44. The topological polar surface area (TPSA) is 0 Å². The summed E-state index contributed by atoms with van der Waals surface area (Å²) in [7, 11) is 0. The van der Waals surface area contributed by atoms with Gasteiger partial charge in [0.1, 0.15) is 0 Å². The molecule has 2 heteroatoms. The first-order valence-electron chi connectivity index (χ1n) is 5.82. The van der Waals surface area contributed by atoms with Gasteiger partial charge in [-0.25, -0.2) is 0 Å². The Hall–Kier alpha value is -1.38. The lowest BCUT2D eigenvalue weighted by Crippen LogP contribution is -1.73. The van der Waals surface area contributed by atoms with Crippen molar-refractivity contribution < 1.29 is 0 Å². The molecule has 0 spiro atoms. The molecule has 1 aromatic heterocycles. The molecule has 0 saturated carbocycles. The van der Waals surface area contributed by atoms with E-state index in [-0.39, 0.29) is 0 Å². The van der Waals surface area contributed by atoms with Gasteiger partial charge in [0.25, 0.3) is 0 Å². The van der Waals surface area contributed by atoms with Gasteiger partial charge < -0.3 is 0 Å². The Labute approximate surface area is 117 Å². The zero-order valence-electron chi connectivity index (χ0n) is 9.48. The first-order valence-corrected chi connectivity index (χ1v) is 7.43. The highest BCUT2D eigenvalue weighted by atomic mass is 79.9. The predicted octanol–water partition coefficient (Wildman–Crippen LogP) is 5.97. The third-order valence-corrected chi connectivity index (χ3v) is 4.92. The zero-order valence-corrected chi connectivity index (χ0v) is 11.9. The predicted molar refractivity (Wildman–Crippen MR) is 84.5 cm³/mol. The van der Waals surface area contributed by atoms with E-state index in [9.17, 15) is 0 Å². The summed E-state index contributed by atoms with van der Waals surface area (Å²) in [4.78, 5) is 0. The normalized spacial score (nSPS) is 11.6. The fraction of sp³-hybridized carbons (Fsp3) is 0. The molecule has 0 fully saturated rings. The second kappa shape index (κ2) is 3.81. The largest absolute Gasteiger partial charge is 0.135 e. The second-order valence-electron chi connectivity index (χ2n) is 4.44. The molecule has 4 rings (SSSR count). The van der Waals surface area contributed by atoms with Gasteiger partial charge in [-0.2, -0.15) is 0 Å². The Balaban J connectivity index is 2.24. The van der Waals surface area contributed by atoms with Crippen molar-refractivity contribution in [3.8, 4) is 0 Å². The third kappa shape index (κ3) is 1.49. The van der Waals surface area contributed by atoms with Crippen LogP contribution in [-0.4, -0.2) is 0 Å². The van der Waals surface area contributed by atoms with Crippen LogP contribution in [0.25, 0.3) is 30.9 Å². The number of fused-ring (bicyclic) bond motifs is 4.